The second-order valence-corrected chi connectivity index (χ2v) is 4.54. The first kappa shape index (κ1) is 17.5. The topological polar surface area (TPSA) is 55.8 Å². The maximum Gasteiger partial charge on any atom is 0.544 e. The molecule has 0 spiro atoms. The molecule has 5 nitrogen and oxygen atoms in total. The largest absolute Gasteiger partial charge is 0.544 e. The summed E-state index contributed by atoms with van der Waals surface area (Å²) in [7, 11) is 1.17. The van der Waals surface area contributed by atoms with Crippen LogP contribution in [0, 0.1) is 0 Å². The lowest BCUT2D eigenvalue weighted by molar-refractivity contribution is -0.325. The molecule has 0 aliphatic carbocycles. The quantitative estimate of drug-likeness (QED) is 0.631. The van der Waals surface area contributed by atoms with Crippen LogP contribution in [0.4, 0.5) is 18.9 Å². The molecule has 0 fully saturated rings. The summed E-state index contributed by atoms with van der Waals surface area (Å²) in [6, 6.07) is 12.1. The summed E-state index contributed by atoms with van der Waals surface area (Å²) in [5, 5.41) is 0.121. The van der Waals surface area contributed by atoms with Crippen LogP contribution in [-0.4, -0.2) is 25.3 Å². The third-order valence-electron chi connectivity index (χ3n) is 2.92. The Hall–Kier alpha value is -2.87. The van der Waals surface area contributed by atoms with Crippen LogP contribution in [0.15, 0.2) is 54.6 Å². The molecule has 2 aromatic rings. The molecular weight excluding hydrogens is 327 g/mol. The lowest BCUT2D eigenvalue weighted by Gasteiger charge is -2.23. The lowest BCUT2D eigenvalue weighted by Crippen LogP contribution is -2.36. The van der Waals surface area contributed by atoms with E-state index in [1.165, 1.54) is 43.5 Å². The van der Waals surface area contributed by atoms with Crippen LogP contribution in [0.2, 0.25) is 0 Å². The maximum absolute atomic E-state index is 12.6. The zero-order valence-electron chi connectivity index (χ0n) is 12.4. The van der Waals surface area contributed by atoms with Crippen molar-refractivity contribution in [3.63, 3.8) is 0 Å². The third-order valence-corrected chi connectivity index (χ3v) is 2.92. The minimum absolute atomic E-state index is 0.0128. The van der Waals surface area contributed by atoms with Crippen LogP contribution in [0.3, 0.4) is 0 Å². The molecule has 1 amide bonds. The molecule has 0 atom stereocenters. The van der Waals surface area contributed by atoms with Gasteiger partial charge in [0, 0.05) is 5.56 Å². The Balaban J connectivity index is 2.36. The first-order chi connectivity index (χ1) is 11.3. The molecule has 2 aromatic carbocycles. The van der Waals surface area contributed by atoms with Crippen molar-refractivity contribution in [2.75, 3.05) is 12.2 Å². The number of hydroxylamine groups is 1. The smallest absolute Gasteiger partial charge is 0.465 e. The van der Waals surface area contributed by atoms with Gasteiger partial charge in [0.1, 0.15) is 0 Å². The van der Waals surface area contributed by atoms with Gasteiger partial charge in [0.15, 0.2) is 0 Å². The summed E-state index contributed by atoms with van der Waals surface area (Å²) < 4.78 is 42.4. The number of rotatable bonds is 4. The third kappa shape index (κ3) is 4.32. The van der Waals surface area contributed by atoms with Crippen LogP contribution < -0.4 is 5.06 Å². The van der Waals surface area contributed by atoms with Crippen molar-refractivity contribution in [2.24, 2.45) is 0 Å². The van der Waals surface area contributed by atoms with E-state index in [0.717, 1.165) is 12.1 Å². The molecule has 0 saturated carbocycles. The van der Waals surface area contributed by atoms with Crippen LogP contribution in [0.5, 0.6) is 0 Å². The van der Waals surface area contributed by atoms with E-state index in [-0.39, 0.29) is 21.9 Å². The number of hydrogen-bond donors (Lipinski definition) is 0. The maximum atomic E-state index is 12.6. The molecule has 2 rings (SSSR count). The zero-order valence-corrected chi connectivity index (χ0v) is 12.4. The van der Waals surface area contributed by atoms with Gasteiger partial charge >= 0.3 is 12.3 Å². The molecule has 0 radical (unpaired) electrons. The van der Waals surface area contributed by atoms with Gasteiger partial charge in [-0.1, -0.05) is 18.2 Å². The van der Waals surface area contributed by atoms with E-state index in [1.807, 2.05) is 0 Å². The molecule has 0 N–H and O–H groups in total. The van der Waals surface area contributed by atoms with Crippen molar-refractivity contribution < 1.29 is 32.3 Å². The monoisotopic (exact) mass is 339 g/mol. The predicted molar refractivity (Wildman–Crippen MR) is 78.2 cm³/mol. The van der Waals surface area contributed by atoms with Crippen LogP contribution in [-0.2, 0) is 9.57 Å². The Morgan fingerprint density at radius 1 is 0.917 bits per heavy atom. The van der Waals surface area contributed by atoms with Crippen LogP contribution in [0.1, 0.15) is 20.7 Å². The Labute approximate surface area is 135 Å². The molecule has 0 heterocycles. The van der Waals surface area contributed by atoms with Crippen LogP contribution >= 0.6 is 0 Å². The molecule has 0 unspecified atom stereocenters. The summed E-state index contributed by atoms with van der Waals surface area (Å²) in [5.41, 5.74) is -0.0482. The molecule has 126 valence electrons. The molecule has 0 aliphatic rings. The van der Waals surface area contributed by atoms with Gasteiger partial charge in [-0.2, -0.15) is 9.90 Å². The van der Waals surface area contributed by atoms with Crippen LogP contribution in [0.25, 0.3) is 0 Å². The van der Waals surface area contributed by atoms with Gasteiger partial charge in [-0.05, 0) is 36.4 Å². The van der Waals surface area contributed by atoms with E-state index in [4.69, 9.17) is 0 Å². The Morgan fingerprint density at radius 2 is 1.50 bits per heavy atom. The normalized spacial score (nSPS) is 11.0. The van der Waals surface area contributed by atoms with E-state index >= 15 is 0 Å². The van der Waals surface area contributed by atoms with Gasteiger partial charge in [-0.3, -0.25) is 4.79 Å². The number of carbonyl (C=O) groups is 2. The van der Waals surface area contributed by atoms with Crippen molar-refractivity contribution in [3.8, 4) is 0 Å². The number of hydrogen-bond acceptors (Lipinski definition) is 4. The molecule has 0 bridgehead atoms. The SMILES string of the molecule is COC(=O)c1ccc(N(OC(F)(F)F)C(=O)c2ccccc2)cc1. The fourth-order valence-electron chi connectivity index (χ4n) is 1.86. The van der Waals surface area contributed by atoms with Crippen molar-refractivity contribution in [1.29, 1.82) is 0 Å². The highest BCUT2D eigenvalue weighted by Crippen LogP contribution is 2.26. The van der Waals surface area contributed by atoms with Crippen molar-refractivity contribution in [1.82, 2.24) is 0 Å². The van der Waals surface area contributed by atoms with Crippen molar-refractivity contribution >= 4 is 17.6 Å². The van der Waals surface area contributed by atoms with Crippen molar-refractivity contribution in [2.45, 2.75) is 6.36 Å². The second-order valence-electron chi connectivity index (χ2n) is 4.54. The number of nitrogens with zero attached hydrogens (tertiary/aromatic N) is 1. The Kier molecular flexibility index (Phi) is 5.20. The predicted octanol–water partition coefficient (Wildman–Crippen LogP) is 3.57. The van der Waals surface area contributed by atoms with E-state index in [2.05, 4.69) is 9.57 Å². The molecule has 0 aromatic heterocycles. The van der Waals surface area contributed by atoms with Gasteiger partial charge in [0.05, 0.1) is 18.4 Å². The number of benzene rings is 2. The number of ether oxygens (including phenoxy) is 1. The number of esters is 1. The standard InChI is InChI=1S/C16H12F3NO4/c1-23-15(22)12-7-9-13(10-8-12)20(24-16(17,18)19)14(21)11-5-3-2-4-6-11/h2-10H,1H3. The highest BCUT2D eigenvalue weighted by Gasteiger charge is 2.36. The number of carbonyl (C=O) groups excluding carboxylic acids is 2. The minimum atomic E-state index is -5.06. The average molecular weight is 339 g/mol. The van der Waals surface area contributed by atoms with Gasteiger partial charge in [0.2, 0.25) is 0 Å². The van der Waals surface area contributed by atoms with Crippen molar-refractivity contribution in [3.05, 3.63) is 65.7 Å². The first-order valence-electron chi connectivity index (χ1n) is 6.65. The van der Waals surface area contributed by atoms with Gasteiger partial charge in [-0.15, -0.1) is 13.2 Å². The molecular formula is C16H12F3NO4. The fraction of sp³-hybridized carbons (Fsp3) is 0.125. The summed E-state index contributed by atoms with van der Waals surface area (Å²) in [4.78, 5) is 27.5. The summed E-state index contributed by atoms with van der Waals surface area (Å²) in [6.45, 7) is 0. The minimum Gasteiger partial charge on any atom is -0.465 e. The van der Waals surface area contributed by atoms with E-state index in [9.17, 15) is 22.8 Å². The number of alkyl halides is 3. The molecule has 0 saturated heterocycles. The first-order valence-corrected chi connectivity index (χ1v) is 6.65. The molecule has 0 aliphatic heterocycles. The fourth-order valence-corrected chi connectivity index (χ4v) is 1.86. The van der Waals surface area contributed by atoms with Gasteiger partial charge < -0.3 is 4.74 Å². The summed E-state index contributed by atoms with van der Waals surface area (Å²) in [6.07, 6.45) is -5.06. The Bertz CT molecular complexity index is 714. The average Bonchev–Trinajstić information content (AvgIpc) is 2.58. The van der Waals surface area contributed by atoms with Gasteiger partial charge in [-0.25, -0.2) is 4.79 Å². The zero-order chi connectivity index (χ0) is 17.7. The Morgan fingerprint density at radius 3 is 2.00 bits per heavy atom. The number of amides is 1. The molecule has 8 heteroatoms. The highest BCUT2D eigenvalue weighted by atomic mass is 19.4. The van der Waals surface area contributed by atoms with E-state index < -0.39 is 18.2 Å². The number of methoxy groups -OCH3 is 1. The lowest BCUT2D eigenvalue weighted by atomic mass is 10.2. The van der Waals surface area contributed by atoms with Gasteiger partial charge in [0.25, 0.3) is 5.91 Å². The molecule has 24 heavy (non-hydrogen) atoms. The second kappa shape index (κ2) is 7.14. The summed E-state index contributed by atoms with van der Waals surface area (Å²) in [5.74, 6) is -1.65. The van der Waals surface area contributed by atoms with E-state index in [1.54, 1.807) is 6.07 Å². The summed E-state index contributed by atoms with van der Waals surface area (Å²) >= 11 is 0. The number of anilines is 1. The van der Waals surface area contributed by atoms with E-state index in [0.29, 0.717) is 0 Å². The highest BCUT2D eigenvalue weighted by molar-refractivity contribution is 6.04. The number of halogens is 3.